The summed E-state index contributed by atoms with van der Waals surface area (Å²) in [6, 6.07) is 7.38. The first-order chi connectivity index (χ1) is 11.3. The highest BCUT2D eigenvalue weighted by atomic mass is 16.5. The molecule has 23 heavy (non-hydrogen) atoms. The Bertz CT molecular complexity index is 599. The summed E-state index contributed by atoms with van der Waals surface area (Å²) in [5, 5.41) is 26.6. The van der Waals surface area contributed by atoms with Crippen LogP contribution in [-0.4, -0.2) is 58.6 Å². The van der Waals surface area contributed by atoms with Crippen LogP contribution in [0, 0.1) is 0 Å². The second-order valence-electron chi connectivity index (χ2n) is 4.43. The summed E-state index contributed by atoms with van der Waals surface area (Å²) < 4.78 is 5.28. The maximum absolute atomic E-state index is 8.90. The summed E-state index contributed by atoms with van der Waals surface area (Å²) in [5.41, 5.74) is 0.711. The van der Waals surface area contributed by atoms with Crippen LogP contribution in [0.4, 0.5) is 23.5 Å². The van der Waals surface area contributed by atoms with Crippen molar-refractivity contribution in [3.8, 4) is 5.75 Å². The first-order valence-electron chi connectivity index (χ1n) is 7.12. The second kappa shape index (κ2) is 8.71. The summed E-state index contributed by atoms with van der Waals surface area (Å²) in [7, 11) is 1.58. The van der Waals surface area contributed by atoms with E-state index < -0.39 is 0 Å². The average molecular weight is 320 g/mol. The van der Waals surface area contributed by atoms with Gasteiger partial charge in [0.15, 0.2) is 0 Å². The Hall–Kier alpha value is -2.65. The van der Waals surface area contributed by atoms with E-state index in [1.807, 2.05) is 24.3 Å². The molecule has 0 atom stereocenters. The highest BCUT2D eigenvalue weighted by Crippen LogP contribution is 2.26. The molecule has 0 aliphatic carbocycles. The van der Waals surface area contributed by atoms with Gasteiger partial charge in [0.2, 0.25) is 17.8 Å². The van der Waals surface area contributed by atoms with E-state index in [1.165, 1.54) is 0 Å². The molecule has 124 valence electrons. The van der Waals surface area contributed by atoms with Gasteiger partial charge in [-0.3, -0.25) is 0 Å². The van der Waals surface area contributed by atoms with E-state index in [4.69, 9.17) is 14.9 Å². The predicted molar refractivity (Wildman–Crippen MR) is 87.3 cm³/mol. The van der Waals surface area contributed by atoms with E-state index in [-0.39, 0.29) is 13.2 Å². The fraction of sp³-hybridized carbons (Fsp3) is 0.357. The lowest BCUT2D eigenvalue weighted by atomic mass is 10.3. The largest absolute Gasteiger partial charge is 0.495 e. The predicted octanol–water partition coefficient (Wildman–Crippen LogP) is 0.432. The number of hydrogen-bond acceptors (Lipinski definition) is 9. The van der Waals surface area contributed by atoms with Crippen LogP contribution in [-0.2, 0) is 0 Å². The minimum Gasteiger partial charge on any atom is -0.495 e. The van der Waals surface area contributed by atoms with Crippen molar-refractivity contribution in [1.29, 1.82) is 0 Å². The molecule has 1 aromatic carbocycles. The van der Waals surface area contributed by atoms with Gasteiger partial charge < -0.3 is 30.9 Å². The third-order valence-electron chi connectivity index (χ3n) is 2.78. The van der Waals surface area contributed by atoms with Crippen molar-refractivity contribution in [2.24, 2.45) is 0 Å². The lowest BCUT2D eigenvalue weighted by Gasteiger charge is -2.12. The standard InChI is InChI=1S/C14H20N6O3/c1-23-11-5-3-2-4-10(11)17-14-19-12(15-6-8-21)18-13(20-14)16-7-9-22/h2-5,21-22H,6-9H2,1H3,(H3,15,16,17,18,19,20). The molecule has 0 radical (unpaired) electrons. The third-order valence-corrected chi connectivity index (χ3v) is 2.78. The topological polar surface area (TPSA) is 124 Å². The molecule has 0 fully saturated rings. The molecule has 0 unspecified atom stereocenters. The summed E-state index contributed by atoms with van der Waals surface area (Å²) in [5.74, 6) is 1.59. The first kappa shape index (κ1) is 16.7. The van der Waals surface area contributed by atoms with Gasteiger partial charge in [-0.15, -0.1) is 0 Å². The van der Waals surface area contributed by atoms with E-state index in [0.29, 0.717) is 42.4 Å². The van der Waals surface area contributed by atoms with Crippen LogP contribution in [0.3, 0.4) is 0 Å². The van der Waals surface area contributed by atoms with Gasteiger partial charge in [0.1, 0.15) is 5.75 Å². The summed E-state index contributed by atoms with van der Waals surface area (Å²) in [4.78, 5) is 12.6. The number of aromatic nitrogens is 3. The number of ether oxygens (including phenoxy) is 1. The molecule has 9 heteroatoms. The zero-order valence-corrected chi connectivity index (χ0v) is 12.8. The summed E-state index contributed by atoms with van der Waals surface area (Å²) >= 11 is 0. The lowest BCUT2D eigenvalue weighted by molar-refractivity contribution is 0.310. The Balaban J connectivity index is 2.24. The third kappa shape index (κ3) is 4.94. The molecule has 0 spiro atoms. The summed E-state index contributed by atoms with van der Waals surface area (Å²) in [6.07, 6.45) is 0. The van der Waals surface area contributed by atoms with Gasteiger partial charge in [-0.25, -0.2) is 0 Å². The molecule has 0 bridgehead atoms. The molecule has 5 N–H and O–H groups in total. The van der Waals surface area contributed by atoms with Crippen molar-refractivity contribution in [3.63, 3.8) is 0 Å². The van der Waals surface area contributed by atoms with Crippen LogP contribution in [0.15, 0.2) is 24.3 Å². The van der Waals surface area contributed by atoms with Gasteiger partial charge in [-0.1, -0.05) is 12.1 Å². The Labute approximate surface area is 133 Å². The first-order valence-corrected chi connectivity index (χ1v) is 7.12. The zero-order chi connectivity index (χ0) is 16.5. The van der Waals surface area contributed by atoms with Gasteiger partial charge in [-0.2, -0.15) is 15.0 Å². The molecule has 0 aliphatic rings. The molecule has 2 rings (SSSR count). The van der Waals surface area contributed by atoms with Crippen molar-refractivity contribution < 1.29 is 14.9 Å². The van der Waals surface area contributed by atoms with E-state index in [0.717, 1.165) is 0 Å². The number of anilines is 4. The highest BCUT2D eigenvalue weighted by Gasteiger charge is 2.09. The molecule has 0 amide bonds. The fourth-order valence-corrected chi connectivity index (χ4v) is 1.79. The Morgan fingerprint density at radius 3 is 2.04 bits per heavy atom. The molecule has 9 nitrogen and oxygen atoms in total. The Morgan fingerprint density at radius 1 is 0.913 bits per heavy atom. The molecule has 0 saturated heterocycles. The number of benzene rings is 1. The van der Waals surface area contributed by atoms with Gasteiger partial charge in [0.25, 0.3) is 0 Å². The number of aliphatic hydroxyl groups excluding tert-OH is 2. The normalized spacial score (nSPS) is 10.2. The quantitative estimate of drug-likeness (QED) is 0.447. The van der Waals surface area contributed by atoms with E-state index in [9.17, 15) is 0 Å². The SMILES string of the molecule is COc1ccccc1Nc1nc(NCCO)nc(NCCO)n1. The number of methoxy groups -OCH3 is 1. The average Bonchev–Trinajstić information content (AvgIpc) is 2.58. The maximum Gasteiger partial charge on any atom is 0.233 e. The van der Waals surface area contributed by atoms with Crippen molar-refractivity contribution in [3.05, 3.63) is 24.3 Å². The fourth-order valence-electron chi connectivity index (χ4n) is 1.79. The van der Waals surface area contributed by atoms with Crippen LogP contribution in [0.1, 0.15) is 0 Å². The molecule has 1 heterocycles. The maximum atomic E-state index is 8.90. The number of nitrogens with one attached hydrogen (secondary N) is 3. The minimum absolute atomic E-state index is 0.0413. The van der Waals surface area contributed by atoms with E-state index in [2.05, 4.69) is 30.9 Å². The van der Waals surface area contributed by atoms with Gasteiger partial charge in [-0.05, 0) is 12.1 Å². The molecular weight excluding hydrogens is 300 g/mol. The Morgan fingerprint density at radius 2 is 1.48 bits per heavy atom. The molecular formula is C14H20N6O3. The van der Waals surface area contributed by atoms with E-state index >= 15 is 0 Å². The van der Waals surface area contributed by atoms with Crippen LogP contribution in [0.2, 0.25) is 0 Å². The highest BCUT2D eigenvalue weighted by molar-refractivity contribution is 5.63. The van der Waals surface area contributed by atoms with Crippen LogP contribution in [0.25, 0.3) is 0 Å². The molecule has 0 aliphatic heterocycles. The molecule has 2 aromatic rings. The number of aliphatic hydroxyl groups is 2. The van der Waals surface area contributed by atoms with Crippen molar-refractivity contribution in [2.75, 3.05) is 49.4 Å². The number of rotatable bonds is 9. The number of para-hydroxylation sites is 2. The van der Waals surface area contributed by atoms with Crippen molar-refractivity contribution in [2.45, 2.75) is 0 Å². The smallest absolute Gasteiger partial charge is 0.233 e. The van der Waals surface area contributed by atoms with Crippen LogP contribution < -0.4 is 20.7 Å². The zero-order valence-electron chi connectivity index (χ0n) is 12.8. The second-order valence-corrected chi connectivity index (χ2v) is 4.43. The number of hydrogen-bond donors (Lipinski definition) is 5. The Kier molecular flexibility index (Phi) is 6.33. The van der Waals surface area contributed by atoms with Gasteiger partial charge >= 0.3 is 0 Å². The monoisotopic (exact) mass is 320 g/mol. The van der Waals surface area contributed by atoms with E-state index in [1.54, 1.807) is 7.11 Å². The van der Waals surface area contributed by atoms with Gasteiger partial charge in [0.05, 0.1) is 26.0 Å². The summed E-state index contributed by atoms with van der Waals surface area (Å²) in [6.45, 7) is 0.551. The molecule has 1 aromatic heterocycles. The number of nitrogens with zero attached hydrogens (tertiary/aromatic N) is 3. The van der Waals surface area contributed by atoms with Gasteiger partial charge in [0, 0.05) is 13.1 Å². The minimum atomic E-state index is -0.0413. The van der Waals surface area contributed by atoms with Crippen molar-refractivity contribution in [1.82, 2.24) is 15.0 Å². The lowest BCUT2D eigenvalue weighted by Crippen LogP contribution is -2.14. The van der Waals surface area contributed by atoms with Crippen LogP contribution in [0.5, 0.6) is 5.75 Å². The van der Waals surface area contributed by atoms with Crippen LogP contribution >= 0.6 is 0 Å². The molecule has 0 saturated carbocycles. The van der Waals surface area contributed by atoms with Crippen molar-refractivity contribution >= 4 is 23.5 Å².